The van der Waals surface area contributed by atoms with Crippen LogP contribution < -0.4 is 5.32 Å². The van der Waals surface area contributed by atoms with E-state index in [4.69, 9.17) is 9.47 Å². The Kier molecular flexibility index (Phi) is 8.41. The molecule has 0 bridgehead atoms. The van der Waals surface area contributed by atoms with E-state index in [-0.39, 0.29) is 36.1 Å². The highest BCUT2D eigenvalue weighted by Gasteiger charge is 2.36. The van der Waals surface area contributed by atoms with Gasteiger partial charge in [-0.15, -0.1) is 24.0 Å². The van der Waals surface area contributed by atoms with Crippen molar-refractivity contribution in [1.29, 1.82) is 0 Å². The fourth-order valence-electron chi connectivity index (χ4n) is 3.55. The SMILES string of the molecule is CC(C)(C)OC(=O)N1CCN2C(NCCCN3CCOCC3)=NCC2C1.I. The third-order valence-electron chi connectivity index (χ3n) is 4.90. The van der Waals surface area contributed by atoms with Crippen LogP contribution in [0.2, 0.25) is 0 Å². The predicted molar refractivity (Wildman–Crippen MR) is 116 cm³/mol. The minimum Gasteiger partial charge on any atom is -0.444 e. The van der Waals surface area contributed by atoms with Crippen LogP contribution in [0.15, 0.2) is 4.99 Å². The Morgan fingerprint density at radius 1 is 1.26 bits per heavy atom. The second-order valence-electron chi connectivity index (χ2n) is 8.17. The predicted octanol–water partition coefficient (Wildman–Crippen LogP) is 1.21. The third kappa shape index (κ3) is 6.63. The van der Waals surface area contributed by atoms with Crippen LogP contribution >= 0.6 is 24.0 Å². The van der Waals surface area contributed by atoms with E-state index < -0.39 is 5.60 Å². The lowest BCUT2D eigenvalue weighted by Crippen LogP contribution is -2.57. The molecule has 0 aromatic rings. The maximum absolute atomic E-state index is 12.3. The first-order valence-electron chi connectivity index (χ1n) is 9.75. The molecule has 0 spiro atoms. The zero-order valence-electron chi connectivity index (χ0n) is 16.8. The summed E-state index contributed by atoms with van der Waals surface area (Å²) in [5.41, 5.74) is -0.451. The number of amides is 1. The van der Waals surface area contributed by atoms with E-state index >= 15 is 0 Å². The molecule has 2 saturated heterocycles. The molecule has 27 heavy (non-hydrogen) atoms. The quantitative estimate of drug-likeness (QED) is 0.467. The van der Waals surface area contributed by atoms with Gasteiger partial charge in [0.15, 0.2) is 5.96 Å². The van der Waals surface area contributed by atoms with Crippen LogP contribution in [0.3, 0.4) is 0 Å². The van der Waals surface area contributed by atoms with Gasteiger partial charge in [-0.05, 0) is 33.7 Å². The summed E-state index contributed by atoms with van der Waals surface area (Å²) in [6.45, 7) is 14.4. The molecule has 2 fully saturated rings. The second-order valence-corrected chi connectivity index (χ2v) is 8.17. The van der Waals surface area contributed by atoms with Gasteiger partial charge in [-0.1, -0.05) is 0 Å². The van der Waals surface area contributed by atoms with Gasteiger partial charge >= 0.3 is 6.09 Å². The summed E-state index contributed by atoms with van der Waals surface area (Å²) in [5, 5.41) is 3.49. The summed E-state index contributed by atoms with van der Waals surface area (Å²) in [7, 11) is 0. The van der Waals surface area contributed by atoms with Crippen LogP contribution in [0.1, 0.15) is 27.2 Å². The molecule has 0 saturated carbocycles. The lowest BCUT2D eigenvalue weighted by atomic mass is 10.2. The molecule has 3 heterocycles. The number of hydrogen-bond acceptors (Lipinski definition) is 7. The van der Waals surface area contributed by atoms with Gasteiger partial charge in [0.1, 0.15) is 5.60 Å². The highest BCUT2D eigenvalue weighted by Crippen LogP contribution is 2.18. The highest BCUT2D eigenvalue weighted by atomic mass is 127. The van der Waals surface area contributed by atoms with Crippen molar-refractivity contribution in [3.8, 4) is 0 Å². The van der Waals surface area contributed by atoms with Crippen LogP contribution in [0.25, 0.3) is 0 Å². The summed E-state index contributed by atoms with van der Waals surface area (Å²) in [6, 6.07) is 0.262. The molecule has 1 N–H and O–H groups in total. The Morgan fingerprint density at radius 2 is 2.00 bits per heavy atom. The number of carbonyl (C=O) groups is 1. The molecule has 1 unspecified atom stereocenters. The molecule has 9 heteroatoms. The van der Waals surface area contributed by atoms with Crippen molar-refractivity contribution in [2.75, 3.05) is 65.6 Å². The highest BCUT2D eigenvalue weighted by molar-refractivity contribution is 14.0. The summed E-state index contributed by atoms with van der Waals surface area (Å²) < 4.78 is 10.9. The first-order valence-corrected chi connectivity index (χ1v) is 9.75. The molecule has 156 valence electrons. The monoisotopic (exact) mass is 495 g/mol. The van der Waals surface area contributed by atoms with Gasteiger partial charge in [-0.2, -0.15) is 0 Å². The van der Waals surface area contributed by atoms with Crippen LogP contribution in [0.4, 0.5) is 4.79 Å². The number of halogens is 1. The molecule has 0 aromatic heterocycles. The lowest BCUT2D eigenvalue weighted by Gasteiger charge is -2.39. The standard InChI is InChI=1S/C18H33N5O3.HI/c1-18(2,3)26-17(24)22-7-8-23-15(14-22)13-20-16(23)19-5-4-6-21-9-11-25-12-10-21;/h15H,4-14H2,1-3H3,(H,19,20);1H. The maximum atomic E-state index is 12.3. The van der Waals surface area contributed by atoms with Gasteiger partial charge < -0.3 is 24.6 Å². The van der Waals surface area contributed by atoms with Crippen LogP contribution in [-0.2, 0) is 9.47 Å². The minimum absolute atomic E-state index is 0. The number of ether oxygens (including phenoxy) is 2. The number of hydrogen-bond donors (Lipinski definition) is 1. The molecule has 3 aliphatic rings. The zero-order valence-corrected chi connectivity index (χ0v) is 19.1. The van der Waals surface area contributed by atoms with Crippen LogP contribution in [-0.4, -0.2) is 104 Å². The number of aliphatic imine (C=N–C) groups is 1. The van der Waals surface area contributed by atoms with Crippen molar-refractivity contribution in [2.24, 2.45) is 4.99 Å². The number of nitrogens with zero attached hydrogens (tertiary/aromatic N) is 4. The largest absolute Gasteiger partial charge is 0.444 e. The number of morpholine rings is 1. The van der Waals surface area contributed by atoms with E-state index in [1.54, 1.807) is 0 Å². The van der Waals surface area contributed by atoms with Crippen molar-refractivity contribution in [3.63, 3.8) is 0 Å². The van der Waals surface area contributed by atoms with Crippen LogP contribution in [0, 0.1) is 0 Å². The Morgan fingerprint density at radius 3 is 2.70 bits per heavy atom. The first-order chi connectivity index (χ1) is 12.4. The molecule has 8 nitrogen and oxygen atoms in total. The molecule has 0 aliphatic carbocycles. The van der Waals surface area contributed by atoms with E-state index in [9.17, 15) is 4.79 Å². The van der Waals surface area contributed by atoms with E-state index in [0.29, 0.717) is 13.1 Å². The number of fused-ring (bicyclic) bond motifs is 1. The average molecular weight is 495 g/mol. The molecule has 0 aromatic carbocycles. The summed E-state index contributed by atoms with van der Waals surface area (Å²) in [5.74, 6) is 0.987. The van der Waals surface area contributed by atoms with Gasteiger partial charge in [0.2, 0.25) is 0 Å². The molecular formula is C18H34IN5O3. The topological polar surface area (TPSA) is 69.6 Å². The number of rotatable bonds is 4. The van der Waals surface area contributed by atoms with Crippen molar-refractivity contribution in [3.05, 3.63) is 0 Å². The van der Waals surface area contributed by atoms with Gasteiger partial charge in [-0.3, -0.25) is 9.89 Å². The fraction of sp³-hybridized carbons (Fsp3) is 0.889. The molecule has 3 rings (SSSR count). The number of guanidine groups is 1. The summed E-state index contributed by atoms with van der Waals surface area (Å²) in [4.78, 5) is 23.5. The summed E-state index contributed by atoms with van der Waals surface area (Å²) in [6.07, 6.45) is 0.880. The van der Waals surface area contributed by atoms with E-state index in [2.05, 4.69) is 20.1 Å². The fourth-order valence-corrected chi connectivity index (χ4v) is 3.55. The van der Waals surface area contributed by atoms with Crippen molar-refractivity contribution in [1.82, 2.24) is 20.0 Å². The van der Waals surface area contributed by atoms with Crippen LogP contribution in [0.5, 0.6) is 0 Å². The molecular weight excluding hydrogens is 461 g/mol. The van der Waals surface area contributed by atoms with E-state index in [0.717, 1.165) is 64.9 Å². The smallest absolute Gasteiger partial charge is 0.410 e. The average Bonchev–Trinajstić information content (AvgIpc) is 3.00. The Bertz CT molecular complexity index is 520. The summed E-state index contributed by atoms with van der Waals surface area (Å²) >= 11 is 0. The van der Waals surface area contributed by atoms with Crippen molar-refractivity contribution < 1.29 is 14.3 Å². The Balaban J connectivity index is 0.00000261. The third-order valence-corrected chi connectivity index (χ3v) is 4.90. The molecule has 3 aliphatic heterocycles. The first kappa shape index (κ1) is 22.5. The lowest BCUT2D eigenvalue weighted by molar-refractivity contribution is 0.0137. The number of piperazine rings is 1. The second kappa shape index (κ2) is 10.1. The number of nitrogens with one attached hydrogen (secondary N) is 1. The van der Waals surface area contributed by atoms with Gasteiger partial charge in [0, 0.05) is 39.3 Å². The van der Waals surface area contributed by atoms with Gasteiger partial charge in [0.25, 0.3) is 0 Å². The Labute approximate surface area is 179 Å². The molecule has 1 amide bonds. The van der Waals surface area contributed by atoms with Crippen molar-refractivity contribution in [2.45, 2.75) is 38.8 Å². The van der Waals surface area contributed by atoms with E-state index in [1.807, 2.05) is 25.7 Å². The normalized spacial score (nSPS) is 23.4. The molecule has 0 radical (unpaired) electrons. The van der Waals surface area contributed by atoms with Crippen molar-refractivity contribution >= 4 is 36.0 Å². The minimum atomic E-state index is -0.451. The maximum Gasteiger partial charge on any atom is 0.410 e. The molecule has 1 atom stereocenters. The van der Waals surface area contributed by atoms with Gasteiger partial charge in [-0.25, -0.2) is 4.79 Å². The number of carbonyl (C=O) groups excluding carboxylic acids is 1. The van der Waals surface area contributed by atoms with Gasteiger partial charge in [0.05, 0.1) is 25.8 Å². The van der Waals surface area contributed by atoms with E-state index in [1.165, 1.54) is 0 Å². The zero-order chi connectivity index (χ0) is 18.6. The Hall–Kier alpha value is -0.810.